The zero-order valence-electron chi connectivity index (χ0n) is 16.2. The molecule has 1 aliphatic rings. The van der Waals surface area contributed by atoms with E-state index in [-0.39, 0.29) is 12.0 Å². The number of carbonyl (C=O) groups excluding carboxylic acids is 1. The first-order valence-corrected chi connectivity index (χ1v) is 10.9. The van der Waals surface area contributed by atoms with Crippen molar-refractivity contribution >= 4 is 35.0 Å². The van der Waals surface area contributed by atoms with Gasteiger partial charge in [-0.3, -0.25) is 4.79 Å². The van der Waals surface area contributed by atoms with E-state index in [4.69, 9.17) is 21.1 Å². The third-order valence-corrected chi connectivity index (χ3v) is 5.81. The Morgan fingerprint density at radius 1 is 1.20 bits per heavy atom. The summed E-state index contributed by atoms with van der Waals surface area (Å²) in [6.07, 6.45) is 3.88. The molecule has 1 atom stereocenters. The van der Waals surface area contributed by atoms with E-state index in [9.17, 15) is 4.79 Å². The second kappa shape index (κ2) is 9.98. The van der Waals surface area contributed by atoms with Crippen molar-refractivity contribution < 1.29 is 14.3 Å². The molecule has 7 heteroatoms. The highest BCUT2D eigenvalue weighted by molar-refractivity contribution is 7.99. The number of pyridine rings is 1. The van der Waals surface area contributed by atoms with Crippen LogP contribution in [0.25, 0.3) is 0 Å². The van der Waals surface area contributed by atoms with E-state index in [1.54, 1.807) is 48.3 Å². The van der Waals surface area contributed by atoms with Crippen LogP contribution < -0.4 is 10.1 Å². The van der Waals surface area contributed by atoms with Gasteiger partial charge in [0, 0.05) is 28.3 Å². The summed E-state index contributed by atoms with van der Waals surface area (Å²) in [5.74, 6) is 0.346. The molecule has 1 fully saturated rings. The number of anilines is 1. The first-order chi connectivity index (χ1) is 14.7. The van der Waals surface area contributed by atoms with Crippen LogP contribution in [-0.2, 0) is 4.74 Å². The molecule has 2 heterocycles. The first kappa shape index (κ1) is 20.7. The summed E-state index contributed by atoms with van der Waals surface area (Å²) in [6, 6.07) is 18.4. The largest absolute Gasteiger partial charge is 0.489 e. The summed E-state index contributed by atoms with van der Waals surface area (Å²) in [6.45, 7) is 1.22. The average molecular weight is 441 g/mol. The molecule has 154 valence electrons. The normalized spacial score (nSPS) is 15.7. The van der Waals surface area contributed by atoms with Crippen molar-refractivity contribution in [1.29, 1.82) is 0 Å². The molecule has 2 aromatic carbocycles. The minimum Gasteiger partial charge on any atom is -0.489 e. The number of nitrogens with zero attached hydrogens (tertiary/aromatic N) is 1. The van der Waals surface area contributed by atoms with Crippen LogP contribution in [0.5, 0.6) is 5.75 Å². The van der Waals surface area contributed by atoms with Gasteiger partial charge >= 0.3 is 0 Å². The van der Waals surface area contributed by atoms with Crippen molar-refractivity contribution in [2.45, 2.75) is 28.9 Å². The molecule has 4 rings (SSSR count). The number of hydrogen-bond donors (Lipinski definition) is 1. The van der Waals surface area contributed by atoms with Crippen molar-refractivity contribution in [3.8, 4) is 5.75 Å². The van der Waals surface area contributed by atoms with E-state index >= 15 is 0 Å². The van der Waals surface area contributed by atoms with Gasteiger partial charge in [0.15, 0.2) is 0 Å². The number of aromatic nitrogens is 1. The molecule has 1 N–H and O–H groups in total. The van der Waals surface area contributed by atoms with Crippen LogP contribution in [0.15, 0.2) is 76.8 Å². The highest BCUT2D eigenvalue weighted by atomic mass is 35.5. The fraction of sp³-hybridized carbons (Fsp3) is 0.217. The van der Waals surface area contributed by atoms with E-state index in [0.29, 0.717) is 28.6 Å². The Morgan fingerprint density at radius 3 is 2.80 bits per heavy atom. The van der Waals surface area contributed by atoms with Crippen LogP contribution in [0.1, 0.15) is 23.2 Å². The third kappa shape index (κ3) is 5.53. The van der Waals surface area contributed by atoms with Gasteiger partial charge in [-0.2, -0.15) is 0 Å². The van der Waals surface area contributed by atoms with Crippen LogP contribution in [0.2, 0.25) is 5.02 Å². The summed E-state index contributed by atoms with van der Waals surface area (Å²) in [5.41, 5.74) is 1.09. The zero-order valence-corrected chi connectivity index (χ0v) is 17.8. The van der Waals surface area contributed by atoms with Gasteiger partial charge in [0.2, 0.25) is 0 Å². The molecule has 1 aliphatic heterocycles. The number of rotatable bonds is 7. The minimum absolute atomic E-state index is 0.0911. The van der Waals surface area contributed by atoms with Gasteiger partial charge in [-0.25, -0.2) is 4.98 Å². The summed E-state index contributed by atoms with van der Waals surface area (Å²) in [4.78, 5) is 18.1. The number of carbonyl (C=O) groups is 1. The number of benzene rings is 2. The van der Waals surface area contributed by atoms with E-state index < -0.39 is 0 Å². The van der Waals surface area contributed by atoms with E-state index in [2.05, 4.69) is 10.3 Å². The Balaban J connectivity index is 1.42. The molecule has 0 radical (unpaired) electrons. The fourth-order valence-electron chi connectivity index (χ4n) is 3.08. The minimum atomic E-state index is -0.228. The van der Waals surface area contributed by atoms with Crippen LogP contribution in [-0.4, -0.2) is 30.2 Å². The lowest BCUT2D eigenvalue weighted by atomic mass is 10.2. The lowest BCUT2D eigenvalue weighted by molar-refractivity contribution is 0.0682. The van der Waals surface area contributed by atoms with Crippen molar-refractivity contribution in [1.82, 2.24) is 4.98 Å². The summed E-state index contributed by atoms with van der Waals surface area (Å²) >= 11 is 7.67. The van der Waals surface area contributed by atoms with E-state index in [0.717, 1.165) is 29.4 Å². The molecule has 3 aromatic rings. The quantitative estimate of drug-likeness (QED) is 0.511. The fourth-order valence-corrected chi connectivity index (χ4v) is 4.03. The average Bonchev–Trinajstić information content (AvgIpc) is 3.28. The van der Waals surface area contributed by atoms with Crippen LogP contribution >= 0.6 is 23.4 Å². The number of amides is 1. The maximum atomic E-state index is 12.8. The SMILES string of the molecule is O=C(Nc1cc(Cl)ccc1OCC1CCCO1)c1ccc(Sc2ccccn2)cc1. The van der Waals surface area contributed by atoms with Gasteiger partial charge < -0.3 is 14.8 Å². The lowest BCUT2D eigenvalue weighted by Gasteiger charge is -2.15. The van der Waals surface area contributed by atoms with Gasteiger partial charge in [0.1, 0.15) is 17.4 Å². The number of nitrogens with one attached hydrogen (secondary N) is 1. The molecule has 5 nitrogen and oxygen atoms in total. The lowest BCUT2D eigenvalue weighted by Crippen LogP contribution is -2.18. The molecule has 1 amide bonds. The van der Waals surface area contributed by atoms with E-state index in [1.165, 1.54) is 0 Å². The number of halogens is 1. The Labute approximate surface area is 184 Å². The van der Waals surface area contributed by atoms with Crippen LogP contribution in [0.3, 0.4) is 0 Å². The molecule has 0 spiro atoms. The number of ether oxygens (including phenoxy) is 2. The zero-order chi connectivity index (χ0) is 20.8. The predicted molar refractivity (Wildman–Crippen MR) is 119 cm³/mol. The highest BCUT2D eigenvalue weighted by Gasteiger charge is 2.18. The Morgan fingerprint density at radius 2 is 2.07 bits per heavy atom. The topological polar surface area (TPSA) is 60.5 Å². The Bertz CT molecular complexity index is 993. The first-order valence-electron chi connectivity index (χ1n) is 9.71. The summed E-state index contributed by atoms with van der Waals surface area (Å²) in [5, 5.41) is 4.33. The molecular weight excluding hydrogens is 420 g/mol. The second-order valence-electron chi connectivity index (χ2n) is 6.84. The van der Waals surface area contributed by atoms with Gasteiger partial charge in [-0.05, 0) is 67.4 Å². The Hall–Kier alpha value is -2.54. The molecule has 0 aliphatic carbocycles. The Kier molecular flexibility index (Phi) is 6.89. The van der Waals surface area contributed by atoms with Gasteiger partial charge in [0.05, 0.1) is 11.8 Å². The van der Waals surface area contributed by atoms with Gasteiger partial charge in [-0.15, -0.1) is 0 Å². The van der Waals surface area contributed by atoms with E-state index in [1.807, 2.05) is 30.3 Å². The van der Waals surface area contributed by atoms with Crippen molar-refractivity contribution in [2.24, 2.45) is 0 Å². The van der Waals surface area contributed by atoms with Crippen molar-refractivity contribution in [3.05, 3.63) is 77.4 Å². The predicted octanol–water partition coefficient (Wildman–Crippen LogP) is 5.70. The van der Waals surface area contributed by atoms with Crippen LogP contribution in [0.4, 0.5) is 5.69 Å². The second-order valence-corrected chi connectivity index (χ2v) is 8.37. The highest BCUT2D eigenvalue weighted by Crippen LogP contribution is 2.30. The third-order valence-electron chi connectivity index (χ3n) is 4.62. The maximum Gasteiger partial charge on any atom is 0.255 e. The molecule has 1 unspecified atom stereocenters. The maximum absolute atomic E-state index is 12.8. The standard InChI is InChI=1S/C23H21ClN2O3S/c24-17-8-11-21(29-15-18-4-3-13-28-18)20(14-17)26-23(27)16-6-9-19(10-7-16)30-22-5-1-2-12-25-22/h1-2,5-12,14,18H,3-4,13,15H2,(H,26,27). The molecular formula is C23H21ClN2O3S. The van der Waals surface area contributed by atoms with Crippen molar-refractivity contribution in [3.63, 3.8) is 0 Å². The smallest absolute Gasteiger partial charge is 0.255 e. The molecule has 1 aromatic heterocycles. The van der Waals surface area contributed by atoms with Gasteiger partial charge in [-0.1, -0.05) is 29.4 Å². The molecule has 1 saturated heterocycles. The number of hydrogen-bond acceptors (Lipinski definition) is 5. The summed E-state index contributed by atoms with van der Waals surface area (Å²) < 4.78 is 11.5. The monoisotopic (exact) mass is 440 g/mol. The van der Waals surface area contributed by atoms with Crippen molar-refractivity contribution in [2.75, 3.05) is 18.5 Å². The molecule has 0 saturated carbocycles. The molecule has 30 heavy (non-hydrogen) atoms. The van der Waals surface area contributed by atoms with Gasteiger partial charge in [0.25, 0.3) is 5.91 Å². The van der Waals surface area contributed by atoms with Crippen LogP contribution in [0, 0.1) is 0 Å². The molecule has 0 bridgehead atoms. The summed E-state index contributed by atoms with van der Waals surface area (Å²) in [7, 11) is 0.